The van der Waals surface area contributed by atoms with E-state index < -0.39 is 0 Å². The molecule has 0 saturated heterocycles. The van der Waals surface area contributed by atoms with Crippen molar-refractivity contribution in [3.63, 3.8) is 0 Å². The Morgan fingerprint density at radius 1 is 1.35 bits per heavy atom. The number of carbonyl (C=O) groups is 2. The van der Waals surface area contributed by atoms with Crippen LogP contribution in [0.1, 0.15) is 36.2 Å². The molecule has 1 saturated carbocycles. The number of amides is 1. The van der Waals surface area contributed by atoms with Crippen LogP contribution in [0.2, 0.25) is 0 Å². The van der Waals surface area contributed by atoms with Gasteiger partial charge in [-0.2, -0.15) is 0 Å². The van der Waals surface area contributed by atoms with Crippen LogP contribution in [0, 0.1) is 5.92 Å². The smallest absolute Gasteiger partial charge is 0.308 e. The number of hydrogen-bond donors (Lipinski definition) is 1. The molecule has 1 fully saturated rings. The van der Waals surface area contributed by atoms with Crippen molar-refractivity contribution >= 4 is 27.8 Å². The first-order valence-corrected chi connectivity index (χ1v) is 7.40. The minimum Gasteiger partial charge on any atom is -0.469 e. The van der Waals surface area contributed by atoms with Gasteiger partial charge in [-0.1, -0.05) is 0 Å². The highest BCUT2D eigenvalue weighted by Gasteiger charge is 2.28. The quantitative estimate of drug-likeness (QED) is 0.857. The van der Waals surface area contributed by atoms with E-state index in [1.54, 1.807) is 18.3 Å². The molecule has 5 nitrogen and oxygen atoms in total. The van der Waals surface area contributed by atoms with Gasteiger partial charge in [0.15, 0.2) is 0 Å². The fourth-order valence-corrected chi connectivity index (χ4v) is 2.88. The maximum Gasteiger partial charge on any atom is 0.308 e. The number of aromatic nitrogens is 1. The van der Waals surface area contributed by atoms with Gasteiger partial charge in [-0.3, -0.25) is 9.59 Å². The number of halogens is 1. The molecule has 0 aromatic carbocycles. The molecule has 1 amide bonds. The molecule has 0 bridgehead atoms. The molecule has 0 radical (unpaired) electrons. The number of nitrogens with zero attached hydrogens (tertiary/aromatic N) is 1. The summed E-state index contributed by atoms with van der Waals surface area (Å²) in [6, 6.07) is 3.65. The van der Waals surface area contributed by atoms with Crippen LogP contribution in [0.15, 0.2) is 22.8 Å². The second-order valence-electron chi connectivity index (χ2n) is 4.88. The molecule has 1 aliphatic rings. The Labute approximate surface area is 126 Å². The van der Waals surface area contributed by atoms with Crippen molar-refractivity contribution < 1.29 is 14.3 Å². The predicted molar refractivity (Wildman–Crippen MR) is 77.2 cm³/mol. The van der Waals surface area contributed by atoms with Gasteiger partial charge in [-0.25, -0.2) is 4.98 Å². The zero-order valence-electron chi connectivity index (χ0n) is 11.3. The number of ether oxygens (including phenoxy) is 1. The molecule has 1 aliphatic carbocycles. The summed E-state index contributed by atoms with van der Waals surface area (Å²) in [6.45, 7) is 0. The van der Waals surface area contributed by atoms with Gasteiger partial charge in [0.2, 0.25) is 0 Å². The van der Waals surface area contributed by atoms with E-state index in [-0.39, 0.29) is 23.8 Å². The average molecular weight is 341 g/mol. The van der Waals surface area contributed by atoms with Crippen LogP contribution in [0.4, 0.5) is 0 Å². The molecule has 1 heterocycles. The molecular weight excluding hydrogens is 324 g/mol. The van der Waals surface area contributed by atoms with Gasteiger partial charge in [-0.15, -0.1) is 0 Å². The van der Waals surface area contributed by atoms with Crippen LogP contribution in [-0.2, 0) is 9.53 Å². The van der Waals surface area contributed by atoms with Crippen molar-refractivity contribution in [3.8, 4) is 0 Å². The summed E-state index contributed by atoms with van der Waals surface area (Å²) in [6.07, 6.45) is 4.67. The topological polar surface area (TPSA) is 68.3 Å². The highest BCUT2D eigenvalue weighted by atomic mass is 79.9. The van der Waals surface area contributed by atoms with Crippen LogP contribution in [-0.4, -0.2) is 30.0 Å². The molecule has 0 atom stereocenters. The third-order valence-corrected chi connectivity index (χ3v) is 4.21. The van der Waals surface area contributed by atoms with Crippen molar-refractivity contribution in [2.24, 2.45) is 5.92 Å². The predicted octanol–water partition coefficient (Wildman–Crippen LogP) is 2.31. The van der Waals surface area contributed by atoms with Crippen molar-refractivity contribution in [2.75, 3.05) is 7.11 Å². The van der Waals surface area contributed by atoms with Crippen LogP contribution < -0.4 is 5.32 Å². The zero-order chi connectivity index (χ0) is 14.5. The number of carbonyl (C=O) groups excluding carboxylic acids is 2. The summed E-state index contributed by atoms with van der Waals surface area (Å²) in [5.74, 6) is -0.365. The maximum atomic E-state index is 12.1. The minimum atomic E-state index is -0.181. The van der Waals surface area contributed by atoms with E-state index in [0.717, 1.165) is 25.7 Å². The van der Waals surface area contributed by atoms with E-state index in [9.17, 15) is 9.59 Å². The summed E-state index contributed by atoms with van der Waals surface area (Å²) in [5, 5.41) is 2.97. The Morgan fingerprint density at radius 3 is 2.65 bits per heavy atom. The van der Waals surface area contributed by atoms with Gasteiger partial charge < -0.3 is 10.1 Å². The lowest BCUT2D eigenvalue weighted by atomic mass is 9.86. The van der Waals surface area contributed by atoms with E-state index in [1.165, 1.54) is 7.11 Å². The molecule has 20 heavy (non-hydrogen) atoms. The van der Waals surface area contributed by atoms with Gasteiger partial charge in [0.1, 0.15) is 5.69 Å². The molecule has 0 aliphatic heterocycles. The largest absolute Gasteiger partial charge is 0.469 e. The van der Waals surface area contributed by atoms with Gasteiger partial charge in [0, 0.05) is 16.7 Å². The molecule has 1 aromatic rings. The number of nitrogens with one attached hydrogen (secondary N) is 1. The number of hydrogen-bond acceptors (Lipinski definition) is 4. The SMILES string of the molecule is COC(=O)C1CCC(NC(=O)c2ncccc2Br)CC1. The summed E-state index contributed by atoms with van der Waals surface area (Å²) >= 11 is 3.32. The molecule has 0 spiro atoms. The van der Waals surface area contributed by atoms with Crippen LogP contribution >= 0.6 is 15.9 Å². The molecule has 6 heteroatoms. The fraction of sp³-hybridized carbons (Fsp3) is 0.500. The van der Waals surface area contributed by atoms with Gasteiger partial charge in [0.05, 0.1) is 13.0 Å². The first-order chi connectivity index (χ1) is 9.61. The summed E-state index contributed by atoms with van der Waals surface area (Å²) in [4.78, 5) is 27.6. The Bertz CT molecular complexity index is 499. The van der Waals surface area contributed by atoms with Crippen LogP contribution in [0.5, 0.6) is 0 Å². The number of esters is 1. The number of pyridine rings is 1. The lowest BCUT2D eigenvalue weighted by Crippen LogP contribution is -2.39. The first-order valence-electron chi connectivity index (χ1n) is 6.61. The van der Waals surface area contributed by atoms with E-state index in [4.69, 9.17) is 4.74 Å². The number of methoxy groups -OCH3 is 1. The lowest BCUT2D eigenvalue weighted by Gasteiger charge is -2.27. The van der Waals surface area contributed by atoms with Crippen molar-refractivity contribution in [3.05, 3.63) is 28.5 Å². The normalized spacial score (nSPS) is 22.1. The molecule has 2 rings (SSSR count). The fourth-order valence-electron chi connectivity index (χ4n) is 2.45. The summed E-state index contributed by atoms with van der Waals surface area (Å²) < 4.78 is 5.43. The highest BCUT2D eigenvalue weighted by Crippen LogP contribution is 2.25. The Morgan fingerprint density at radius 2 is 2.05 bits per heavy atom. The van der Waals surface area contributed by atoms with E-state index in [2.05, 4.69) is 26.2 Å². The second-order valence-corrected chi connectivity index (χ2v) is 5.73. The van der Waals surface area contributed by atoms with Gasteiger partial charge in [-0.05, 0) is 53.7 Å². The average Bonchev–Trinajstić information content (AvgIpc) is 2.47. The number of rotatable bonds is 3. The first kappa shape index (κ1) is 15.0. The van der Waals surface area contributed by atoms with Crippen LogP contribution in [0.25, 0.3) is 0 Å². The van der Waals surface area contributed by atoms with Gasteiger partial charge in [0.25, 0.3) is 5.91 Å². The highest BCUT2D eigenvalue weighted by molar-refractivity contribution is 9.10. The Balaban J connectivity index is 1.88. The van der Waals surface area contributed by atoms with Crippen molar-refractivity contribution in [1.82, 2.24) is 10.3 Å². The van der Waals surface area contributed by atoms with Crippen molar-refractivity contribution in [1.29, 1.82) is 0 Å². The van der Waals surface area contributed by atoms with Gasteiger partial charge >= 0.3 is 5.97 Å². The third-order valence-electron chi connectivity index (χ3n) is 3.57. The van der Waals surface area contributed by atoms with E-state index >= 15 is 0 Å². The molecule has 0 unspecified atom stereocenters. The standard InChI is InChI=1S/C14H17BrN2O3/c1-20-14(19)9-4-6-10(7-5-9)17-13(18)12-11(15)3-2-8-16-12/h2-3,8-10H,4-7H2,1H3,(H,17,18). The third kappa shape index (κ3) is 3.56. The summed E-state index contributed by atoms with van der Waals surface area (Å²) in [7, 11) is 1.41. The van der Waals surface area contributed by atoms with Crippen molar-refractivity contribution in [2.45, 2.75) is 31.7 Å². The van der Waals surface area contributed by atoms with E-state index in [0.29, 0.717) is 10.2 Å². The zero-order valence-corrected chi connectivity index (χ0v) is 12.9. The molecular formula is C14H17BrN2O3. The monoisotopic (exact) mass is 340 g/mol. The molecule has 108 valence electrons. The van der Waals surface area contributed by atoms with E-state index in [1.807, 2.05) is 0 Å². The Kier molecular flexibility index (Phi) is 5.11. The lowest BCUT2D eigenvalue weighted by molar-refractivity contribution is -0.146. The molecule has 1 aromatic heterocycles. The minimum absolute atomic E-state index is 0.0326. The summed E-state index contributed by atoms with van der Waals surface area (Å²) in [5.41, 5.74) is 0.391. The Hall–Kier alpha value is -1.43. The maximum absolute atomic E-state index is 12.1. The second kappa shape index (κ2) is 6.83. The molecule has 1 N–H and O–H groups in total. The van der Waals surface area contributed by atoms with Crippen LogP contribution in [0.3, 0.4) is 0 Å².